The fourth-order valence-corrected chi connectivity index (χ4v) is 3.21. The van der Waals surface area contributed by atoms with Gasteiger partial charge in [0.05, 0.1) is 36.1 Å². The highest BCUT2D eigenvalue weighted by atomic mass is 32.2. The second kappa shape index (κ2) is 6.19. The highest BCUT2D eigenvalue weighted by molar-refractivity contribution is 7.95. The van der Waals surface area contributed by atoms with Gasteiger partial charge in [-0.3, -0.25) is 0 Å². The van der Waals surface area contributed by atoms with Crippen molar-refractivity contribution in [2.24, 2.45) is 0 Å². The van der Waals surface area contributed by atoms with Gasteiger partial charge in [-0.15, -0.1) is 0 Å². The van der Waals surface area contributed by atoms with E-state index in [9.17, 15) is 17.6 Å². The van der Waals surface area contributed by atoms with Gasteiger partial charge in [-0.1, -0.05) is 0 Å². The van der Waals surface area contributed by atoms with Gasteiger partial charge in [0.25, 0.3) is 0 Å². The summed E-state index contributed by atoms with van der Waals surface area (Å²) in [7, 11) is -0.665. The van der Waals surface area contributed by atoms with Gasteiger partial charge >= 0.3 is 0 Å². The predicted molar refractivity (Wildman–Crippen MR) is 72.1 cm³/mol. The van der Waals surface area contributed by atoms with Crippen molar-refractivity contribution in [3.05, 3.63) is 34.4 Å². The highest BCUT2D eigenvalue weighted by Gasteiger charge is 2.29. The molecule has 0 atom stereocenters. The van der Waals surface area contributed by atoms with Crippen LogP contribution in [0.4, 0.5) is 17.6 Å². The van der Waals surface area contributed by atoms with E-state index >= 15 is 0 Å². The molecule has 0 radical (unpaired) electrons. The Morgan fingerprint density at radius 1 is 0.611 bits per heavy atom. The molecule has 0 aliphatic heterocycles. The topological polar surface area (TPSA) is 0 Å². The number of hydrogen-bond donors (Lipinski definition) is 0. The van der Waals surface area contributed by atoms with Gasteiger partial charge in [0, 0.05) is 0 Å². The van der Waals surface area contributed by atoms with E-state index in [-0.39, 0.29) is 33.3 Å². The Morgan fingerprint density at radius 2 is 0.833 bits per heavy atom. The fourth-order valence-electron chi connectivity index (χ4n) is 1.55. The normalized spacial score (nSPS) is 11.7. The van der Waals surface area contributed by atoms with Crippen molar-refractivity contribution in [2.45, 2.75) is 11.5 Å². The summed E-state index contributed by atoms with van der Waals surface area (Å²) in [6.45, 7) is 0. The Labute approximate surface area is 110 Å². The first-order valence-electron chi connectivity index (χ1n) is 5.17. The largest absolute Gasteiger partial charge is 0.203 e. The summed E-state index contributed by atoms with van der Waals surface area (Å²) in [4.78, 5) is 0. The van der Waals surface area contributed by atoms with Crippen molar-refractivity contribution in [3.63, 3.8) is 0 Å². The SMILES string of the molecule is C[S+](C)Cc1c(F)c(F)c(C[S+](C)C)c(F)c1F. The average Bonchev–Trinajstić information content (AvgIpc) is 2.27. The minimum atomic E-state index is -1.24. The summed E-state index contributed by atoms with van der Waals surface area (Å²) in [5, 5.41) is 0. The number of halogens is 4. The summed E-state index contributed by atoms with van der Waals surface area (Å²) in [6, 6.07) is 0. The Kier molecular flexibility index (Phi) is 5.40. The first kappa shape index (κ1) is 15.7. The predicted octanol–water partition coefficient (Wildman–Crippen LogP) is 3.00. The Balaban J connectivity index is 3.35. The third kappa shape index (κ3) is 3.35. The van der Waals surface area contributed by atoms with Gasteiger partial charge in [0.1, 0.15) is 11.5 Å². The maximum absolute atomic E-state index is 13.7. The van der Waals surface area contributed by atoms with Gasteiger partial charge in [-0.05, 0) is 21.8 Å². The first-order chi connectivity index (χ1) is 8.25. The molecule has 0 heterocycles. The first-order valence-corrected chi connectivity index (χ1v) is 9.59. The van der Waals surface area contributed by atoms with Crippen molar-refractivity contribution in [1.29, 1.82) is 0 Å². The minimum absolute atomic E-state index is 0.00967. The second-order valence-corrected chi connectivity index (χ2v) is 8.99. The van der Waals surface area contributed by atoms with E-state index in [0.717, 1.165) is 0 Å². The molecular formula is C12H16F4S2+2. The van der Waals surface area contributed by atoms with Crippen LogP contribution in [0, 0.1) is 23.3 Å². The number of rotatable bonds is 4. The maximum atomic E-state index is 13.7. The molecule has 6 heteroatoms. The monoisotopic (exact) mass is 300 g/mol. The summed E-state index contributed by atoms with van der Waals surface area (Å²) in [5.74, 6) is -4.94. The lowest BCUT2D eigenvalue weighted by atomic mass is 10.1. The molecule has 0 saturated heterocycles. The van der Waals surface area contributed by atoms with Crippen LogP contribution in [-0.2, 0) is 33.3 Å². The standard InChI is InChI=1S/C12H16F4S2/c1-17(2)5-7-9(13)11(15)8(6-18(3)4)12(16)10(7)14/h5-6H2,1-4H3/q+2. The molecule has 0 aromatic heterocycles. The second-order valence-electron chi connectivity index (χ2n) is 4.47. The molecule has 18 heavy (non-hydrogen) atoms. The molecule has 0 unspecified atom stereocenters. The van der Waals surface area contributed by atoms with Gasteiger partial charge in [-0.2, -0.15) is 0 Å². The Bertz CT molecular complexity index is 374. The summed E-state index contributed by atoms with van der Waals surface area (Å²) < 4.78 is 55.0. The van der Waals surface area contributed by atoms with Crippen LogP contribution in [0.15, 0.2) is 0 Å². The summed E-state index contributed by atoms with van der Waals surface area (Å²) >= 11 is 0. The van der Waals surface area contributed by atoms with E-state index in [4.69, 9.17) is 0 Å². The highest BCUT2D eigenvalue weighted by Crippen LogP contribution is 2.26. The zero-order valence-corrected chi connectivity index (χ0v) is 12.4. The zero-order valence-electron chi connectivity index (χ0n) is 10.7. The molecule has 1 aromatic rings. The smallest absolute Gasteiger partial charge is 0.170 e. The molecule has 0 aliphatic carbocycles. The van der Waals surface area contributed by atoms with Gasteiger partial charge in [0.2, 0.25) is 0 Å². The molecule has 0 fully saturated rings. The lowest BCUT2D eigenvalue weighted by Gasteiger charge is -2.09. The maximum Gasteiger partial charge on any atom is 0.170 e. The van der Waals surface area contributed by atoms with Crippen LogP contribution >= 0.6 is 0 Å². The molecule has 0 nitrogen and oxygen atoms in total. The molecule has 1 rings (SSSR count). The molecular weight excluding hydrogens is 284 g/mol. The van der Waals surface area contributed by atoms with Crippen molar-refractivity contribution < 1.29 is 17.6 Å². The molecule has 102 valence electrons. The molecule has 0 amide bonds. The van der Waals surface area contributed by atoms with E-state index < -0.39 is 34.4 Å². The summed E-state index contributed by atoms with van der Waals surface area (Å²) in [5.41, 5.74) is -0.955. The summed E-state index contributed by atoms with van der Waals surface area (Å²) in [6.07, 6.45) is 7.05. The minimum Gasteiger partial charge on any atom is -0.203 e. The van der Waals surface area contributed by atoms with Gasteiger partial charge < -0.3 is 0 Å². The zero-order chi connectivity index (χ0) is 14.0. The molecule has 1 aromatic carbocycles. The van der Waals surface area contributed by atoms with Crippen LogP contribution in [0.3, 0.4) is 0 Å². The van der Waals surface area contributed by atoms with Crippen LogP contribution in [0.1, 0.15) is 11.1 Å². The molecule has 0 N–H and O–H groups in total. The third-order valence-electron chi connectivity index (χ3n) is 2.31. The van der Waals surface area contributed by atoms with Crippen molar-refractivity contribution in [1.82, 2.24) is 0 Å². The van der Waals surface area contributed by atoms with Gasteiger partial charge in [-0.25, -0.2) is 17.6 Å². The van der Waals surface area contributed by atoms with Crippen LogP contribution in [0.25, 0.3) is 0 Å². The van der Waals surface area contributed by atoms with E-state index in [1.54, 1.807) is 25.0 Å². The Morgan fingerprint density at radius 3 is 1.00 bits per heavy atom. The molecule has 0 bridgehead atoms. The average molecular weight is 300 g/mol. The van der Waals surface area contributed by atoms with Gasteiger partial charge in [0.15, 0.2) is 23.3 Å². The van der Waals surface area contributed by atoms with Crippen LogP contribution < -0.4 is 0 Å². The van der Waals surface area contributed by atoms with Crippen LogP contribution in [0.2, 0.25) is 0 Å². The molecule has 0 aliphatic rings. The van der Waals surface area contributed by atoms with Crippen molar-refractivity contribution in [3.8, 4) is 0 Å². The van der Waals surface area contributed by atoms with E-state index in [1.807, 2.05) is 0 Å². The fraction of sp³-hybridized carbons (Fsp3) is 0.500. The lowest BCUT2D eigenvalue weighted by Crippen LogP contribution is -2.14. The van der Waals surface area contributed by atoms with Crippen molar-refractivity contribution in [2.75, 3.05) is 25.0 Å². The van der Waals surface area contributed by atoms with E-state index in [0.29, 0.717) is 0 Å². The number of benzene rings is 1. The molecule has 0 saturated carbocycles. The van der Waals surface area contributed by atoms with Crippen molar-refractivity contribution >= 4 is 21.8 Å². The van der Waals surface area contributed by atoms with E-state index in [1.165, 1.54) is 0 Å². The lowest BCUT2D eigenvalue weighted by molar-refractivity contribution is 0.434. The van der Waals surface area contributed by atoms with Crippen LogP contribution in [-0.4, -0.2) is 25.0 Å². The quantitative estimate of drug-likeness (QED) is 0.455. The third-order valence-corrected chi connectivity index (χ3v) is 4.04. The molecule has 0 spiro atoms. The van der Waals surface area contributed by atoms with E-state index in [2.05, 4.69) is 0 Å². The van der Waals surface area contributed by atoms with Crippen LogP contribution in [0.5, 0.6) is 0 Å². The Hall–Kier alpha value is -0.360. The number of hydrogen-bond acceptors (Lipinski definition) is 0.